The first-order chi connectivity index (χ1) is 7.58. The summed E-state index contributed by atoms with van der Waals surface area (Å²) in [6, 6.07) is 15.6. The minimum absolute atomic E-state index is 0.829. The normalized spacial score (nSPS) is 9.12. The van der Waals surface area contributed by atoms with E-state index in [0.29, 0.717) is 0 Å². The summed E-state index contributed by atoms with van der Waals surface area (Å²) < 4.78 is 0. The van der Waals surface area contributed by atoms with Crippen LogP contribution in [0.3, 0.4) is 0 Å². The van der Waals surface area contributed by atoms with Gasteiger partial charge in [0.2, 0.25) is 0 Å². The van der Waals surface area contributed by atoms with Crippen molar-refractivity contribution in [3.8, 4) is 0 Å². The number of hydrogen-bond acceptors (Lipinski definition) is 2. The highest BCUT2D eigenvalue weighted by molar-refractivity contribution is 5.40. The Labute approximate surface area is 96.9 Å². The molecule has 0 fully saturated rings. The summed E-state index contributed by atoms with van der Waals surface area (Å²) in [4.78, 5) is 0. The third-order valence-corrected chi connectivity index (χ3v) is 2.12. The van der Waals surface area contributed by atoms with Crippen LogP contribution in [0.15, 0.2) is 48.5 Å². The summed E-state index contributed by atoms with van der Waals surface area (Å²) in [5.74, 6) is 0. The van der Waals surface area contributed by atoms with E-state index in [4.69, 9.17) is 11.5 Å². The molecule has 2 aromatic carbocycles. The first-order valence-corrected chi connectivity index (χ1v) is 5.22. The molecule has 0 saturated carbocycles. The summed E-state index contributed by atoms with van der Waals surface area (Å²) >= 11 is 0. The van der Waals surface area contributed by atoms with Gasteiger partial charge >= 0.3 is 0 Å². The maximum absolute atomic E-state index is 5.46. The Kier molecular flexibility index (Phi) is 4.40. The van der Waals surface area contributed by atoms with E-state index in [0.717, 1.165) is 11.4 Å². The van der Waals surface area contributed by atoms with Crippen molar-refractivity contribution >= 4 is 11.4 Å². The van der Waals surface area contributed by atoms with Crippen molar-refractivity contribution in [1.82, 2.24) is 0 Å². The Morgan fingerprint density at radius 3 is 1.69 bits per heavy atom. The molecule has 2 nitrogen and oxygen atoms in total. The molecule has 0 aliphatic rings. The number of benzene rings is 2. The molecule has 4 N–H and O–H groups in total. The molecule has 0 aliphatic carbocycles. The van der Waals surface area contributed by atoms with Gasteiger partial charge in [0.25, 0.3) is 0 Å². The smallest absolute Gasteiger partial charge is 0.0316 e. The van der Waals surface area contributed by atoms with Crippen molar-refractivity contribution < 1.29 is 0 Å². The average Bonchev–Trinajstić information content (AvgIpc) is 2.23. The van der Waals surface area contributed by atoms with Gasteiger partial charge < -0.3 is 11.5 Å². The summed E-state index contributed by atoms with van der Waals surface area (Å²) in [6.07, 6.45) is 0. The zero-order valence-electron chi connectivity index (χ0n) is 9.77. The molecule has 0 saturated heterocycles. The van der Waals surface area contributed by atoms with E-state index in [2.05, 4.69) is 0 Å². The predicted molar refractivity (Wildman–Crippen MR) is 71.2 cm³/mol. The monoisotopic (exact) mass is 214 g/mol. The standard InChI is InChI=1S/2C7H9N/c1-6-2-4-7(8)5-3-6;1-6-3-2-4-7(8)5-6/h2*2-5H,8H2,1H3. The molecule has 2 rings (SSSR count). The van der Waals surface area contributed by atoms with Crippen LogP contribution >= 0.6 is 0 Å². The Morgan fingerprint density at radius 2 is 1.31 bits per heavy atom. The van der Waals surface area contributed by atoms with Crippen molar-refractivity contribution in [3.63, 3.8) is 0 Å². The van der Waals surface area contributed by atoms with Crippen LogP contribution in [-0.2, 0) is 0 Å². The van der Waals surface area contributed by atoms with Crippen LogP contribution in [0.25, 0.3) is 0 Å². The summed E-state index contributed by atoms with van der Waals surface area (Å²) in [5.41, 5.74) is 15.0. The maximum atomic E-state index is 5.46. The highest BCUT2D eigenvalue weighted by Crippen LogP contribution is 2.03. The van der Waals surface area contributed by atoms with Crippen LogP contribution in [0.1, 0.15) is 11.1 Å². The number of hydrogen-bond donors (Lipinski definition) is 2. The lowest BCUT2D eigenvalue weighted by atomic mass is 10.2. The van der Waals surface area contributed by atoms with Crippen molar-refractivity contribution in [1.29, 1.82) is 0 Å². The van der Waals surface area contributed by atoms with Crippen LogP contribution in [0, 0.1) is 13.8 Å². The van der Waals surface area contributed by atoms with Crippen LogP contribution in [0.2, 0.25) is 0 Å². The fraction of sp³-hybridized carbons (Fsp3) is 0.143. The summed E-state index contributed by atoms with van der Waals surface area (Å²) in [7, 11) is 0. The molecule has 0 bridgehead atoms. The third kappa shape index (κ3) is 4.51. The molecule has 0 unspecified atom stereocenters. The van der Waals surface area contributed by atoms with Gasteiger partial charge in [0.1, 0.15) is 0 Å². The second-order valence-electron chi connectivity index (χ2n) is 3.82. The van der Waals surface area contributed by atoms with E-state index in [1.807, 2.05) is 62.4 Å². The molecular weight excluding hydrogens is 196 g/mol. The molecule has 0 aliphatic heterocycles. The van der Waals surface area contributed by atoms with Gasteiger partial charge in [-0.1, -0.05) is 29.8 Å². The molecule has 0 spiro atoms. The Hall–Kier alpha value is -1.96. The van der Waals surface area contributed by atoms with Gasteiger partial charge in [-0.2, -0.15) is 0 Å². The number of nitrogens with two attached hydrogens (primary N) is 2. The fourth-order valence-corrected chi connectivity index (χ4v) is 1.24. The molecule has 0 radical (unpaired) electrons. The highest BCUT2D eigenvalue weighted by Gasteiger charge is 1.81. The van der Waals surface area contributed by atoms with E-state index < -0.39 is 0 Å². The Bertz CT molecular complexity index is 394. The number of aryl methyl sites for hydroxylation is 2. The van der Waals surface area contributed by atoms with Crippen molar-refractivity contribution in [3.05, 3.63) is 59.7 Å². The predicted octanol–water partition coefficient (Wildman–Crippen LogP) is 3.15. The van der Waals surface area contributed by atoms with Crippen LogP contribution in [0.4, 0.5) is 11.4 Å². The van der Waals surface area contributed by atoms with E-state index >= 15 is 0 Å². The van der Waals surface area contributed by atoms with Crippen LogP contribution < -0.4 is 11.5 Å². The second kappa shape index (κ2) is 5.81. The molecule has 0 amide bonds. The van der Waals surface area contributed by atoms with Gasteiger partial charge in [-0.25, -0.2) is 0 Å². The SMILES string of the molecule is Cc1ccc(N)cc1.Cc1cccc(N)c1. The lowest BCUT2D eigenvalue weighted by Gasteiger charge is -1.91. The quantitative estimate of drug-likeness (QED) is 0.662. The Morgan fingerprint density at radius 1 is 0.688 bits per heavy atom. The lowest BCUT2D eigenvalue weighted by Crippen LogP contribution is -1.82. The molecule has 0 atom stereocenters. The van der Waals surface area contributed by atoms with Gasteiger partial charge in [0, 0.05) is 11.4 Å². The zero-order chi connectivity index (χ0) is 12.0. The molecular formula is C14H18N2. The minimum atomic E-state index is 0.829. The van der Waals surface area contributed by atoms with Gasteiger partial charge in [0.05, 0.1) is 0 Å². The van der Waals surface area contributed by atoms with E-state index in [9.17, 15) is 0 Å². The van der Waals surface area contributed by atoms with Crippen molar-refractivity contribution in [2.24, 2.45) is 0 Å². The molecule has 2 heteroatoms. The van der Waals surface area contributed by atoms with Crippen molar-refractivity contribution in [2.45, 2.75) is 13.8 Å². The van der Waals surface area contributed by atoms with Gasteiger partial charge in [-0.15, -0.1) is 0 Å². The first kappa shape index (κ1) is 12.1. The molecule has 84 valence electrons. The van der Waals surface area contributed by atoms with Crippen molar-refractivity contribution in [2.75, 3.05) is 11.5 Å². The molecule has 0 aromatic heterocycles. The zero-order valence-corrected chi connectivity index (χ0v) is 9.77. The Balaban J connectivity index is 0.000000160. The van der Waals surface area contributed by atoms with E-state index in [-0.39, 0.29) is 0 Å². The molecule has 0 heterocycles. The lowest BCUT2D eigenvalue weighted by molar-refractivity contribution is 1.47. The fourth-order valence-electron chi connectivity index (χ4n) is 1.24. The first-order valence-electron chi connectivity index (χ1n) is 5.22. The van der Waals surface area contributed by atoms with Gasteiger partial charge in [-0.05, 0) is 43.7 Å². The summed E-state index contributed by atoms with van der Waals surface area (Å²) in [6.45, 7) is 4.07. The van der Waals surface area contributed by atoms with Gasteiger partial charge in [-0.3, -0.25) is 0 Å². The third-order valence-electron chi connectivity index (χ3n) is 2.12. The number of anilines is 2. The number of rotatable bonds is 0. The number of nitrogen functional groups attached to an aromatic ring is 2. The molecule has 16 heavy (non-hydrogen) atoms. The van der Waals surface area contributed by atoms with Gasteiger partial charge in [0.15, 0.2) is 0 Å². The maximum Gasteiger partial charge on any atom is 0.0316 e. The average molecular weight is 214 g/mol. The second-order valence-corrected chi connectivity index (χ2v) is 3.82. The van der Waals surface area contributed by atoms with E-state index in [1.54, 1.807) is 0 Å². The van der Waals surface area contributed by atoms with Crippen LogP contribution in [-0.4, -0.2) is 0 Å². The van der Waals surface area contributed by atoms with Crippen LogP contribution in [0.5, 0.6) is 0 Å². The topological polar surface area (TPSA) is 52.0 Å². The highest BCUT2D eigenvalue weighted by atomic mass is 14.5. The van der Waals surface area contributed by atoms with E-state index in [1.165, 1.54) is 11.1 Å². The minimum Gasteiger partial charge on any atom is -0.399 e. The summed E-state index contributed by atoms with van der Waals surface area (Å²) in [5, 5.41) is 0. The molecule has 2 aromatic rings. The largest absolute Gasteiger partial charge is 0.399 e.